The summed E-state index contributed by atoms with van der Waals surface area (Å²) in [5.41, 5.74) is 1.42. The molecule has 3 heteroatoms. The van der Waals surface area contributed by atoms with Gasteiger partial charge in [-0.1, -0.05) is 30.3 Å². The Morgan fingerprint density at radius 1 is 1.32 bits per heavy atom. The molecule has 0 aliphatic carbocycles. The lowest BCUT2D eigenvalue weighted by atomic mass is 10.1. The first kappa shape index (κ1) is 14.9. The third-order valence-corrected chi connectivity index (χ3v) is 4.85. The zero-order chi connectivity index (χ0) is 13.5. The van der Waals surface area contributed by atoms with Crippen LogP contribution in [0.15, 0.2) is 30.3 Å². The fourth-order valence-electron chi connectivity index (χ4n) is 2.46. The third-order valence-electron chi connectivity index (χ3n) is 3.72. The molecule has 1 unspecified atom stereocenters. The molecule has 106 valence electrons. The Labute approximate surface area is 122 Å². The van der Waals surface area contributed by atoms with Gasteiger partial charge in [-0.2, -0.15) is 11.8 Å². The Kier molecular flexibility index (Phi) is 6.21. The molecule has 1 aliphatic rings. The van der Waals surface area contributed by atoms with E-state index in [1.54, 1.807) is 0 Å². The highest BCUT2D eigenvalue weighted by Gasteiger charge is 2.16. The lowest BCUT2D eigenvalue weighted by Crippen LogP contribution is -2.41. The molecule has 0 spiro atoms. The van der Waals surface area contributed by atoms with E-state index >= 15 is 0 Å². The minimum Gasteiger partial charge on any atom is -0.312 e. The summed E-state index contributed by atoms with van der Waals surface area (Å²) >= 11 is 2.09. The Morgan fingerprint density at radius 2 is 2.11 bits per heavy atom. The van der Waals surface area contributed by atoms with E-state index in [4.69, 9.17) is 0 Å². The number of thioether (sulfide) groups is 1. The molecule has 2 nitrogen and oxygen atoms in total. The Morgan fingerprint density at radius 3 is 2.74 bits per heavy atom. The van der Waals surface area contributed by atoms with E-state index in [2.05, 4.69) is 66.2 Å². The summed E-state index contributed by atoms with van der Waals surface area (Å²) < 4.78 is 0. The van der Waals surface area contributed by atoms with Crippen molar-refractivity contribution in [3.8, 4) is 0 Å². The van der Waals surface area contributed by atoms with Crippen molar-refractivity contribution >= 4 is 11.8 Å². The Balaban J connectivity index is 1.82. The summed E-state index contributed by atoms with van der Waals surface area (Å²) in [5, 5.41) is 3.63. The van der Waals surface area contributed by atoms with Gasteiger partial charge < -0.3 is 5.32 Å². The number of rotatable bonds is 6. The van der Waals surface area contributed by atoms with Crippen LogP contribution in [0.1, 0.15) is 25.8 Å². The van der Waals surface area contributed by atoms with Crippen LogP contribution in [0.25, 0.3) is 0 Å². The highest BCUT2D eigenvalue weighted by Crippen LogP contribution is 2.13. The van der Waals surface area contributed by atoms with E-state index < -0.39 is 0 Å². The average molecular weight is 278 g/mol. The maximum absolute atomic E-state index is 3.63. The van der Waals surface area contributed by atoms with Crippen LogP contribution in [0.4, 0.5) is 0 Å². The molecule has 1 aliphatic heterocycles. The molecule has 1 atom stereocenters. The van der Waals surface area contributed by atoms with Gasteiger partial charge >= 0.3 is 0 Å². The fraction of sp³-hybridized carbons (Fsp3) is 0.625. The first-order chi connectivity index (χ1) is 9.25. The van der Waals surface area contributed by atoms with Crippen LogP contribution in [0.5, 0.6) is 0 Å². The molecule has 0 radical (unpaired) electrons. The SMILES string of the molecule is CC(C)N(CCC1CSCCN1)Cc1ccccc1. The monoisotopic (exact) mass is 278 g/mol. The van der Waals surface area contributed by atoms with Gasteiger partial charge in [0.1, 0.15) is 0 Å². The Bertz CT molecular complexity index is 347. The van der Waals surface area contributed by atoms with Crippen LogP contribution >= 0.6 is 11.8 Å². The molecular weight excluding hydrogens is 252 g/mol. The third kappa shape index (κ3) is 5.17. The standard InChI is InChI=1S/C16H26N2S/c1-14(2)18(12-15-6-4-3-5-7-15)10-8-16-13-19-11-9-17-16/h3-7,14,16-17H,8-13H2,1-2H3. The van der Waals surface area contributed by atoms with Gasteiger partial charge in [-0.3, -0.25) is 4.90 Å². The molecule has 1 N–H and O–H groups in total. The predicted octanol–water partition coefficient (Wildman–Crippen LogP) is 2.99. The van der Waals surface area contributed by atoms with E-state index in [0.29, 0.717) is 12.1 Å². The molecule has 1 saturated heterocycles. The summed E-state index contributed by atoms with van der Waals surface area (Å²) in [6.07, 6.45) is 1.26. The summed E-state index contributed by atoms with van der Waals surface area (Å²) in [7, 11) is 0. The van der Waals surface area contributed by atoms with E-state index in [1.807, 2.05) is 0 Å². The van der Waals surface area contributed by atoms with Gasteiger partial charge in [0.05, 0.1) is 0 Å². The first-order valence-electron chi connectivity index (χ1n) is 7.35. The highest BCUT2D eigenvalue weighted by molar-refractivity contribution is 7.99. The van der Waals surface area contributed by atoms with Gasteiger partial charge in [0.15, 0.2) is 0 Å². The van der Waals surface area contributed by atoms with E-state index in [1.165, 1.54) is 36.6 Å². The molecule has 2 rings (SSSR count). The number of hydrogen-bond donors (Lipinski definition) is 1. The largest absolute Gasteiger partial charge is 0.312 e. The number of nitrogens with one attached hydrogen (secondary N) is 1. The highest BCUT2D eigenvalue weighted by atomic mass is 32.2. The molecule has 1 heterocycles. The fourth-order valence-corrected chi connectivity index (χ4v) is 3.46. The molecule has 0 amide bonds. The topological polar surface area (TPSA) is 15.3 Å². The van der Waals surface area contributed by atoms with Crippen LogP contribution in [0, 0.1) is 0 Å². The second-order valence-electron chi connectivity index (χ2n) is 5.56. The summed E-state index contributed by atoms with van der Waals surface area (Å²) in [6, 6.07) is 12.1. The predicted molar refractivity (Wildman–Crippen MR) is 85.7 cm³/mol. The van der Waals surface area contributed by atoms with Crippen LogP contribution in [-0.2, 0) is 6.54 Å². The molecule has 0 aromatic heterocycles. The van der Waals surface area contributed by atoms with E-state index in [0.717, 1.165) is 6.54 Å². The van der Waals surface area contributed by atoms with Gasteiger partial charge in [-0.25, -0.2) is 0 Å². The zero-order valence-corrected chi connectivity index (χ0v) is 13.0. The minimum absolute atomic E-state index is 0.608. The van der Waals surface area contributed by atoms with Crippen LogP contribution in [-0.4, -0.2) is 41.6 Å². The molecule has 0 saturated carbocycles. The first-order valence-corrected chi connectivity index (χ1v) is 8.50. The van der Waals surface area contributed by atoms with Crippen molar-refractivity contribution < 1.29 is 0 Å². The smallest absolute Gasteiger partial charge is 0.0236 e. The van der Waals surface area contributed by atoms with Gasteiger partial charge in [-0.05, 0) is 25.8 Å². The molecule has 1 aromatic rings. The van der Waals surface area contributed by atoms with Gasteiger partial charge in [0.2, 0.25) is 0 Å². The van der Waals surface area contributed by atoms with Gasteiger partial charge in [0, 0.05) is 43.2 Å². The maximum Gasteiger partial charge on any atom is 0.0236 e. The molecule has 19 heavy (non-hydrogen) atoms. The normalized spacial score (nSPS) is 20.1. The summed E-state index contributed by atoms with van der Waals surface area (Å²) in [5.74, 6) is 2.55. The molecule has 1 fully saturated rings. The van der Waals surface area contributed by atoms with Gasteiger partial charge in [-0.15, -0.1) is 0 Å². The quantitative estimate of drug-likeness (QED) is 0.861. The summed E-state index contributed by atoms with van der Waals surface area (Å²) in [6.45, 7) is 8.02. The van der Waals surface area contributed by atoms with Crippen molar-refractivity contribution in [1.29, 1.82) is 0 Å². The lowest BCUT2D eigenvalue weighted by molar-refractivity contribution is 0.203. The summed E-state index contributed by atoms with van der Waals surface area (Å²) in [4.78, 5) is 2.58. The Hall–Kier alpha value is -0.510. The molecule has 1 aromatic carbocycles. The van der Waals surface area contributed by atoms with E-state index in [-0.39, 0.29) is 0 Å². The van der Waals surface area contributed by atoms with Gasteiger partial charge in [0.25, 0.3) is 0 Å². The van der Waals surface area contributed by atoms with Crippen LogP contribution < -0.4 is 5.32 Å². The number of nitrogens with zero attached hydrogens (tertiary/aromatic N) is 1. The maximum atomic E-state index is 3.63. The number of benzene rings is 1. The lowest BCUT2D eigenvalue weighted by Gasteiger charge is -2.30. The molecular formula is C16H26N2S. The zero-order valence-electron chi connectivity index (χ0n) is 12.1. The van der Waals surface area contributed by atoms with E-state index in [9.17, 15) is 0 Å². The van der Waals surface area contributed by atoms with Crippen LogP contribution in [0.3, 0.4) is 0 Å². The van der Waals surface area contributed by atoms with Crippen molar-refractivity contribution in [3.63, 3.8) is 0 Å². The average Bonchev–Trinajstić information content (AvgIpc) is 2.45. The minimum atomic E-state index is 0.608. The van der Waals surface area contributed by atoms with Crippen molar-refractivity contribution in [1.82, 2.24) is 10.2 Å². The van der Waals surface area contributed by atoms with Crippen molar-refractivity contribution in [2.24, 2.45) is 0 Å². The molecule has 0 bridgehead atoms. The van der Waals surface area contributed by atoms with Crippen molar-refractivity contribution in [2.75, 3.05) is 24.6 Å². The second-order valence-corrected chi connectivity index (χ2v) is 6.71. The van der Waals surface area contributed by atoms with Crippen molar-refractivity contribution in [3.05, 3.63) is 35.9 Å². The van der Waals surface area contributed by atoms with Crippen molar-refractivity contribution in [2.45, 2.75) is 38.9 Å². The number of hydrogen-bond acceptors (Lipinski definition) is 3. The second kappa shape index (κ2) is 7.93. The van der Waals surface area contributed by atoms with Crippen LogP contribution in [0.2, 0.25) is 0 Å².